The minimum Gasteiger partial charge on any atom is -0.317 e. The Bertz CT molecular complexity index is 468. The van der Waals surface area contributed by atoms with Crippen LogP contribution < -0.4 is 5.32 Å². The summed E-state index contributed by atoms with van der Waals surface area (Å²) in [4.78, 5) is 0.453. The van der Waals surface area contributed by atoms with Crippen LogP contribution in [0.25, 0.3) is 0 Å². The summed E-state index contributed by atoms with van der Waals surface area (Å²) in [5.74, 6) is 0.214. The quantitative estimate of drug-likeness (QED) is 0.877. The highest BCUT2D eigenvalue weighted by Crippen LogP contribution is 2.29. The van der Waals surface area contributed by atoms with Crippen molar-refractivity contribution in [2.45, 2.75) is 37.1 Å². The van der Waals surface area contributed by atoms with Gasteiger partial charge >= 0.3 is 0 Å². The second kappa shape index (κ2) is 5.65. The third kappa shape index (κ3) is 3.30. The van der Waals surface area contributed by atoms with E-state index in [0.29, 0.717) is 4.90 Å². The van der Waals surface area contributed by atoms with E-state index >= 15 is 0 Å². The Kier molecular flexibility index (Phi) is 4.71. The molecule has 17 heavy (non-hydrogen) atoms. The van der Waals surface area contributed by atoms with E-state index in [4.69, 9.17) is 0 Å². The molecule has 0 aliphatic carbocycles. The molecule has 0 aliphatic heterocycles. The molecule has 0 bridgehead atoms. The van der Waals surface area contributed by atoms with E-state index in [-0.39, 0.29) is 12.0 Å². The van der Waals surface area contributed by atoms with Crippen molar-refractivity contribution in [3.63, 3.8) is 0 Å². The topological polar surface area (TPSA) is 46.2 Å². The average molecular weight is 255 g/mol. The van der Waals surface area contributed by atoms with Crippen LogP contribution in [0.1, 0.15) is 31.7 Å². The van der Waals surface area contributed by atoms with Crippen molar-refractivity contribution in [3.05, 3.63) is 29.8 Å². The van der Waals surface area contributed by atoms with Crippen LogP contribution in [0.15, 0.2) is 29.2 Å². The van der Waals surface area contributed by atoms with Crippen LogP contribution in [0.3, 0.4) is 0 Å². The van der Waals surface area contributed by atoms with Crippen LogP contribution in [0.5, 0.6) is 0 Å². The zero-order valence-corrected chi connectivity index (χ0v) is 11.7. The van der Waals surface area contributed by atoms with E-state index < -0.39 is 9.84 Å². The van der Waals surface area contributed by atoms with Gasteiger partial charge in [0.1, 0.15) is 0 Å². The third-order valence-corrected chi connectivity index (χ3v) is 4.39. The number of hydrogen-bond acceptors (Lipinski definition) is 3. The number of nitrogens with one attached hydrogen (secondary N) is 1. The Morgan fingerprint density at radius 3 is 2.35 bits per heavy atom. The highest BCUT2D eigenvalue weighted by atomic mass is 32.2. The Hall–Kier alpha value is -0.870. The molecule has 1 aromatic rings. The van der Waals surface area contributed by atoms with Gasteiger partial charge in [-0.2, -0.15) is 0 Å². The molecule has 96 valence electrons. The lowest BCUT2D eigenvalue weighted by Crippen LogP contribution is -2.29. The van der Waals surface area contributed by atoms with Crippen molar-refractivity contribution >= 4 is 9.84 Å². The molecule has 0 heterocycles. The van der Waals surface area contributed by atoms with E-state index in [0.717, 1.165) is 12.0 Å². The van der Waals surface area contributed by atoms with Crippen LogP contribution in [0, 0.1) is 0 Å². The summed E-state index contributed by atoms with van der Waals surface area (Å²) in [6.45, 7) is 4.16. The summed E-state index contributed by atoms with van der Waals surface area (Å²) >= 11 is 0. The lowest BCUT2D eigenvalue weighted by molar-refractivity contribution is 0.476. The van der Waals surface area contributed by atoms with E-state index in [1.165, 1.54) is 6.26 Å². The number of benzene rings is 1. The Labute approximate surface area is 104 Å². The fraction of sp³-hybridized carbons (Fsp3) is 0.538. The summed E-state index contributed by atoms with van der Waals surface area (Å²) in [6, 6.07) is 7.53. The lowest BCUT2D eigenvalue weighted by Gasteiger charge is -2.24. The SMILES string of the molecule is CCC(c1ccccc1S(C)(=O)=O)C(C)NC. The standard InChI is InChI=1S/C13H21NO2S/c1-5-11(10(2)14-3)12-8-6-7-9-13(12)17(4,15)16/h6-11,14H,5H2,1-4H3. The fourth-order valence-corrected chi connectivity index (χ4v) is 3.14. The average Bonchev–Trinajstić information content (AvgIpc) is 2.29. The first-order chi connectivity index (χ1) is 7.91. The normalized spacial score (nSPS) is 15.5. The predicted octanol–water partition coefficient (Wildman–Crippen LogP) is 2.19. The summed E-state index contributed by atoms with van der Waals surface area (Å²) in [5, 5.41) is 3.20. The lowest BCUT2D eigenvalue weighted by atomic mass is 9.90. The van der Waals surface area contributed by atoms with Gasteiger partial charge in [0.2, 0.25) is 0 Å². The molecule has 1 N–H and O–H groups in total. The molecule has 1 rings (SSSR count). The molecule has 0 aromatic heterocycles. The zero-order chi connectivity index (χ0) is 13.1. The van der Waals surface area contributed by atoms with Gasteiger partial charge in [-0.3, -0.25) is 0 Å². The van der Waals surface area contributed by atoms with Gasteiger partial charge in [0.15, 0.2) is 9.84 Å². The third-order valence-electron chi connectivity index (χ3n) is 3.22. The van der Waals surface area contributed by atoms with Crippen molar-refractivity contribution in [1.29, 1.82) is 0 Å². The predicted molar refractivity (Wildman–Crippen MR) is 71.1 cm³/mol. The molecule has 0 amide bonds. The summed E-state index contributed by atoms with van der Waals surface area (Å²) in [6.07, 6.45) is 2.18. The van der Waals surface area contributed by atoms with Gasteiger partial charge in [-0.1, -0.05) is 25.1 Å². The highest BCUT2D eigenvalue weighted by molar-refractivity contribution is 7.90. The molecule has 1 aromatic carbocycles. The molecular weight excluding hydrogens is 234 g/mol. The number of likely N-dealkylation sites (N-methyl/N-ethyl adjacent to an activating group) is 1. The molecule has 4 heteroatoms. The van der Waals surface area contributed by atoms with E-state index in [9.17, 15) is 8.42 Å². The van der Waals surface area contributed by atoms with Gasteiger partial charge in [0.05, 0.1) is 4.90 Å². The van der Waals surface area contributed by atoms with E-state index in [1.54, 1.807) is 12.1 Å². The summed E-state index contributed by atoms with van der Waals surface area (Å²) in [5.41, 5.74) is 0.916. The minimum absolute atomic E-state index is 0.214. The van der Waals surface area contributed by atoms with Crippen LogP contribution in [-0.4, -0.2) is 27.8 Å². The maximum atomic E-state index is 11.8. The smallest absolute Gasteiger partial charge is 0.175 e. The van der Waals surface area contributed by atoms with Crippen molar-refractivity contribution in [3.8, 4) is 0 Å². The second-order valence-corrected chi connectivity index (χ2v) is 6.39. The van der Waals surface area contributed by atoms with E-state index in [2.05, 4.69) is 19.2 Å². The van der Waals surface area contributed by atoms with Crippen LogP contribution >= 0.6 is 0 Å². The Morgan fingerprint density at radius 1 is 1.29 bits per heavy atom. The minimum atomic E-state index is -3.16. The molecule has 0 fully saturated rings. The van der Waals surface area contributed by atoms with Crippen LogP contribution in [0.4, 0.5) is 0 Å². The zero-order valence-electron chi connectivity index (χ0n) is 10.9. The van der Waals surface area contributed by atoms with Gasteiger partial charge in [-0.15, -0.1) is 0 Å². The molecule has 3 nitrogen and oxygen atoms in total. The maximum Gasteiger partial charge on any atom is 0.175 e. The Balaban J connectivity index is 3.30. The van der Waals surface area contributed by atoms with Gasteiger partial charge in [-0.05, 0) is 37.9 Å². The summed E-state index contributed by atoms with van der Waals surface area (Å²) < 4.78 is 23.5. The van der Waals surface area contributed by atoms with Gasteiger partial charge < -0.3 is 5.32 Å². The monoisotopic (exact) mass is 255 g/mol. The molecule has 2 unspecified atom stereocenters. The van der Waals surface area contributed by atoms with Crippen molar-refractivity contribution in [2.24, 2.45) is 0 Å². The van der Waals surface area contributed by atoms with Gasteiger partial charge in [-0.25, -0.2) is 8.42 Å². The van der Waals surface area contributed by atoms with Gasteiger partial charge in [0.25, 0.3) is 0 Å². The first-order valence-corrected chi connectivity index (χ1v) is 7.77. The second-order valence-electron chi connectivity index (χ2n) is 4.40. The Morgan fingerprint density at radius 2 is 1.88 bits per heavy atom. The molecule has 2 atom stereocenters. The van der Waals surface area contributed by atoms with Crippen molar-refractivity contribution < 1.29 is 8.42 Å². The molecular formula is C13H21NO2S. The number of sulfone groups is 1. The number of hydrogen-bond donors (Lipinski definition) is 1. The highest BCUT2D eigenvalue weighted by Gasteiger charge is 2.22. The molecule has 0 aliphatic rings. The van der Waals surface area contributed by atoms with E-state index in [1.807, 2.05) is 19.2 Å². The van der Waals surface area contributed by atoms with Crippen molar-refractivity contribution in [1.82, 2.24) is 5.32 Å². The molecule has 0 radical (unpaired) electrons. The molecule has 0 spiro atoms. The largest absolute Gasteiger partial charge is 0.317 e. The summed E-state index contributed by atoms with van der Waals surface area (Å²) in [7, 11) is -1.26. The molecule has 0 saturated carbocycles. The van der Waals surface area contributed by atoms with Crippen LogP contribution in [-0.2, 0) is 9.84 Å². The molecule has 0 saturated heterocycles. The fourth-order valence-electron chi connectivity index (χ4n) is 2.17. The van der Waals surface area contributed by atoms with Gasteiger partial charge in [0, 0.05) is 12.3 Å². The number of rotatable bonds is 5. The van der Waals surface area contributed by atoms with Crippen LogP contribution in [0.2, 0.25) is 0 Å². The first kappa shape index (κ1) is 14.2. The first-order valence-electron chi connectivity index (χ1n) is 5.88. The maximum absolute atomic E-state index is 11.8. The van der Waals surface area contributed by atoms with Crippen molar-refractivity contribution in [2.75, 3.05) is 13.3 Å².